The van der Waals surface area contributed by atoms with E-state index in [9.17, 15) is 14.4 Å². The highest BCUT2D eigenvalue weighted by Crippen LogP contribution is 2.19. The maximum atomic E-state index is 13.0. The molecule has 2 aromatic rings. The Labute approximate surface area is 170 Å². The van der Waals surface area contributed by atoms with Gasteiger partial charge in [-0.2, -0.15) is 0 Å². The molecule has 1 aliphatic heterocycles. The Morgan fingerprint density at radius 1 is 0.931 bits per heavy atom. The third-order valence-corrected chi connectivity index (χ3v) is 5.22. The minimum Gasteiger partial charge on any atom is -0.356 e. The second kappa shape index (κ2) is 8.63. The SMILES string of the molecule is CC(C)n1c(N2CCCN(C(=O)c3ccncc3)CC2)cc(=O)n(C(C)C)c1=O. The maximum absolute atomic E-state index is 13.0. The van der Waals surface area contributed by atoms with E-state index in [0.717, 1.165) is 6.42 Å². The number of carbonyl (C=O) groups is 1. The summed E-state index contributed by atoms with van der Waals surface area (Å²) in [4.78, 5) is 46.2. The lowest BCUT2D eigenvalue weighted by Gasteiger charge is -2.28. The van der Waals surface area contributed by atoms with E-state index < -0.39 is 0 Å². The van der Waals surface area contributed by atoms with Crippen molar-refractivity contribution in [2.75, 3.05) is 31.1 Å². The Balaban J connectivity index is 1.90. The first-order valence-electron chi connectivity index (χ1n) is 10.1. The van der Waals surface area contributed by atoms with E-state index in [0.29, 0.717) is 37.6 Å². The molecule has 0 spiro atoms. The molecule has 0 N–H and O–H groups in total. The lowest BCUT2D eigenvalue weighted by molar-refractivity contribution is 0.0767. The van der Waals surface area contributed by atoms with Crippen LogP contribution in [0.3, 0.4) is 0 Å². The summed E-state index contributed by atoms with van der Waals surface area (Å²) in [6.07, 6.45) is 3.99. The van der Waals surface area contributed by atoms with Crippen molar-refractivity contribution in [3.05, 3.63) is 57.0 Å². The number of anilines is 1. The van der Waals surface area contributed by atoms with E-state index in [1.54, 1.807) is 35.2 Å². The van der Waals surface area contributed by atoms with E-state index in [2.05, 4.69) is 4.98 Å². The molecular weight excluding hydrogens is 370 g/mol. The monoisotopic (exact) mass is 399 g/mol. The summed E-state index contributed by atoms with van der Waals surface area (Å²) >= 11 is 0. The Hall–Kier alpha value is -2.90. The molecule has 3 rings (SSSR count). The molecule has 0 unspecified atom stereocenters. The van der Waals surface area contributed by atoms with Crippen LogP contribution in [0.15, 0.2) is 40.2 Å². The van der Waals surface area contributed by atoms with Crippen molar-refractivity contribution in [1.29, 1.82) is 0 Å². The Morgan fingerprint density at radius 3 is 2.21 bits per heavy atom. The van der Waals surface area contributed by atoms with Gasteiger partial charge in [-0.1, -0.05) is 0 Å². The van der Waals surface area contributed by atoms with Crippen LogP contribution < -0.4 is 16.1 Å². The Morgan fingerprint density at radius 2 is 1.59 bits per heavy atom. The smallest absolute Gasteiger partial charge is 0.333 e. The fourth-order valence-electron chi connectivity index (χ4n) is 3.79. The zero-order chi connectivity index (χ0) is 21.1. The van der Waals surface area contributed by atoms with Crippen molar-refractivity contribution in [2.24, 2.45) is 0 Å². The highest BCUT2D eigenvalue weighted by Gasteiger charge is 2.24. The molecule has 1 saturated heterocycles. The van der Waals surface area contributed by atoms with E-state index in [4.69, 9.17) is 0 Å². The van der Waals surface area contributed by atoms with Gasteiger partial charge in [0.05, 0.1) is 0 Å². The van der Waals surface area contributed by atoms with Gasteiger partial charge in [-0.3, -0.25) is 23.7 Å². The summed E-state index contributed by atoms with van der Waals surface area (Å²) in [5.74, 6) is 0.607. The number of amides is 1. The molecule has 0 bridgehead atoms. The number of aromatic nitrogens is 3. The van der Waals surface area contributed by atoms with Crippen LogP contribution in [-0.4, -0.2) is 51.1 Å². The quantitative estimate of drug-likeness (QED) is 0.785. The molecule has 3 heterocycles. The van der Waals surface area contributed by atoms with Gasteiger partial charge < -0.3 is 9.80 Å². The molecule has 0 aromatic carbocycles. The molecule has 8 nitrogen and oxygen atoms in total. The molecule has 156 valence electrons. The van der Waals surface area contributed by atoms with Crippen molar-refractivity contribution in [2.45, 2.75) is 46.2 Å². The predicted octanol–water partition coefficient (Wildman–Crippen LogP) is 1.92. The van der Waals surface area contributed by atoms with Crippen molar-refractivity contribution < 1.29 is 4.79 Å². The zero-order valence-electron chi connectivity index (χ0n) is 17.5. The van der Waals surface area contributed by atoms with Gasteiger partial charge in [0.25, 0.3) is 11.5 Å². The van der Waals surface area contributed by atoms with Crippen LogP contribution in [0.5, 0.6) is 0 Å². The summed E-state index contributed by atoms with van der Waals surface area (Å²) < 4.78 is 2.97. The minimum atomic E-state index is -0.286. The van der Waals surface area contributed by atoms with Crippen LogP contribution in [0.4, 0.5) is 5.82 Å². The molecule has 2 aromatic heterocycles. The second-order valence-electron chi connectivity index (χ2n) is 7.92. The van der Waals surface area contributed by atoms with Crippen LogP contribution in [0.1, 0.15) is 56.6 Å². The minimum absolute atomic E-state index is 0.0225. The maximum Gasteiger partial charge on any atom is 0.333 e. The fraction of sp³-hybridized carbons (Fsp3) is 0.524. The number of nitrogens with zero attached hydrogens (tertiary/aromatic N) is 5. The van der Waals surface area contributed by atoms with Gasteiger partial charge in [-0.05, 0) is 46.2 Å². The van der Waals surface area contributed by atoms with E-state index in [1.807, 2.05) is 37.5 Å². The number of rotatable bonds is 4. The standard InChI is InChI=1S/C21H29N5O3/c1-15(2)25-18(14-19(27)26(16(3)4)21(25)29)23-10-5-11-24(13-12-23)20(28)17-6-8-22-9-7-17/h6-9,14-16H,5,10-13H2,1-4H3. The number of carbonyl (C=O) groups excluding carboxylic acids is 1. The second-order valence-corrected chi connectivity index (χ2v) is 7.92. The highest BCUT2D eigenvalue weighted by molar-refractivity contribution is 5.94. The molecule has 0 radical (unpaired) electrons. The molecule has 1 aliphatic rings. The number of hydrogen-bond acceptors (Lipinski definition) is 5. The fourth-order valence-corrected chi connectivity index (χ4v) is 3.79. The van der Waals surface area contributed by atoms with Crippen LogP contribution >= 0.6 is 0 Å². The van der Waals surface area contributed by atoms with E-state index in [-0.39, 0.29) is 29.2 Å². The van der Waals surface area contributed by atoms with Crippen molar-refractivity contribution >= 4 is 11.7 Å². The Kier molecular flexibility index (Phi) is 6.20. The average molecular weight is 399 g/mol. The average Bonchev–Trinajstić information content (AvgIpc) is 2.93. The lowest BCUT2D eigenvalue weighted by Crippen LogP contribution is -2.45. The Bertz CT molecular complexity index is 978. The molecule has 0 atom stereocenters. The van der Waals surface area contributed by atoms with Crippen LogP contribution in [0.25, 0.3) is 0 Å². The topological polar surface area (TPSA) is 80.4 Å². The molecule has 0 aliphatic carbocycles. The van der Waals surface area contributed by atoms with Gasteiger partial charge in [-0.15, -0.1) is 0 Å². The predicted molar refractivity (Wildman–Crippen MR) is 113 cm³/mol. The van der Waals surface area contributed by atoms with Crippen LogP contribution in [0, 0.1) is 0 Å². The zero-order valence-corrected chi connectivity index (χ0v) is 17.5. The largest absolute Gasteiger partial charge is 0.356 e. The number of pyridine rings is 1. The summed E-state index contributed by atoms with van der Waals surface area (Å²) in [5.41, 5.74) is 0.0457. The van der Waals surface area contributed by atoms with Crippen molar-refractivity contribution in [3.63, 3.8) is 0 Å². The lowest BCUT2D eigenvalue weighted by atomic mass is 10.2. The first-order valence-corrected chi connectivity index (χ1v) is 10.1. The summed E-state index contributed by atoms with van der Waals surface area (Å²) in [5, 5.41) is 0. The van der Waals surface area contributed by atoms with Crippen molar-refractivity contribution in [1.82, 2.24) is 19.0 Å². The van der Waals surface area contributed by atoms with Gasteiger partial charge in [0.2, 0.25) is 0 Å². The first kappa shape index (κ1) is 20.8. The van der Waals surface area contributed by atoms with Crippen LogP contribution in [0.2, 0.25) is 0 Å². The third kappa shape index (κ3) is 4.26. The van der Waals surface area contributed by atoms with E-state index in [1.165, 1.54) is 4.57 Å². The van der Waals surface area contributed by atoms with Crippen molar-refractivity contribution in [3.8, 4) is 0 Å². The van der Waals surface area contributed by atoms with Gasteiger partial charge >= 0.3 is 5.69 Å². The summed E-state index contributed by atoms with van der Waals surface area (Å²) in [6.45, 7) is 9.95. The normalized spacial score (nSPS) is 15.1. The van der Waals surface area contributed by atoms with E-state index >= 15 is 0 Å². The highest BCUT2D eigenvalue weighted by atomic mass is 16.2. The summed E-state index contributed by atoms with van der Waals surface area (Å²) in [6, 6.07) is 4.70. The van der Waals surface area contributed by atoms with Crippen LogP contribution in [-0.2, 0) is 0 Å². The van der Waals surface area contributed by atoms with Gasteiger partial charge in [-0.25, -0.2) is 4.79 Å². The molecule has 0 saturated carbocycles. The number of hydrogen-bond donors (Lipinski definition) is 0. The molecule has 1 fully saturated rings. The first-order chi connectivity index (χ1) is 13.8. The van der Waals surface area contributed by atoms with Gasteiger partial charge in [0.1, 0.15) is 5.82 Å². The van der Waals surface area contributed by atoms with Gasteiger partial charge in [0, 0.05) is 62.3 Å². The molecular formula is C21H29N5O3. The molecule has 29 heavy (non-hydrogen) atoms. The molecule has 1 amide bonds. The third-order valence-electron chi connectivity index (χ3n) is 5.22. The molecule has 8 heteroatoms. The summed E-state index contributed by atoms with van der Waals surface area (Å²) in [7, 11) is 0. The van der Waals surface area contributed by atoms with Gasteiger partial charge in [0.15, 0.2) is 0 Å².